The third-order valence-electron chi connectivity index (χ3n) is 3.90. The molecule has 1 saturated heterocycles. The highest BCUT2D eigenvalue weighted by Crippen LogP contribution is 2.20. The van der Waals surface area contributed by atoms with Crippen molar-refractivity contribution < 1.29 is 4.79 Å². The molecule has 2 rings (SSSR count). The number of nitrogens with one attached hydrogen (secondary N) is 2. The van der Waals surface area contributed by atoms with Gasteiger partial charge in [0.1, 0.15) is 0 Å². The van der Waals surface area contributed by atoms with E-state index in [-0.39, 0.29) is 18.0 Å². The van der Waals surface area contributed by atoms with E-state index >= 15 is 0 Å². The second-order valence-corrected chi connectivity index (χ2v) is 5.29. The lowest BCUT2D eigenvalue weighted by molar-refractivity contribution is -0.124. The van der Waals surface area contributed by atoms with E-state index in [4.69, 9.17) is 0 Å². The lowest BCUT2D eigenvalue weighted by Gasteiger charge is -2.29. The van der Waals surface area contributed by atoms with Gasteiger partial charge < -0.3 is 10.6 Å². The van der Waals surface area contributed by atoms with E-state index in [9.17, 15) is 4.79 Å². The summed E-state index contributed by atoms with van der Waals surface area (Å²) in [5.74, 6) is 0.762. The summed E-state index contributed by atoms with van der Waals surface area (Å²) in [6.07, 6.45) is 5.03. The average Bonchev–Trinajstić information content (AvgIpc) is 2.48. The Labute approximate surface area is 115 Å². The third-order valence-corrected chi connectivity index (χ3v) is 3.90. The molecule has 1 aromatic rings. The van der Waals surface area contributed by atoms with Crippen LogP contribution in [0.4, 0.5) is 0 Å². The molecule has 1 amide bonds. The van der Waals surface area contributed by atoms with Crippen molar-refractivity contribution in [2.24, 2.45) is 5.92 Å². The van der Waals surface area contributed by atoms with E-state index in [1.54, 1.807) is 6.20 Å². The first-order valence-corrected chi connectivity index (χ1v) is 7.15. The highest BCUT2D eigenvalue weighted by molar-refractivity contribution is 5.82. The summed E-state index contributed by atoms with van der Waals surface area (Å²) in [6, 6.07) is 5.67. The van der Waals surface area contributed by atoms with Crippen LogP contribution in [-0.2, 0) is 4.79 Å². The summed E-state index contributed by atoms with van der Waals surface area (Å²) in [7, 11) is 0. The van der Waals surface area contributed by atoms with Crippen LogP contribution in [0.15, 0.2) is 24.4 Å². The van der Waals surface area contributed by atoms with E-state index in [1.807, 2.05) is 25.1 Å². The first-order valence-electron chi connectivity index (χ1n) is 7.15. The fourth-order valence-corrected chi connectivity index (χ4v) is 2.59. The van der Waals surface area contributed by atoms with Crippen LogP contribution in [0.25, 0.3) is 0 Å². The molecule has 1 aliphatic heterocycles. The molecule has 0 spiro atoms. The molecule has 1 aliphatic rings. The minimum atomic E-state index is -0.0511. The minimum absolute atomic E-state index is 0.0440. The third kappa shape index (κ3) is 3.77. The fourth-order valence-electron chi connectivity index (χ4n) is 2.59. The number of amides is 1. The number of hydrogen-bond acceptors (Lipinski definition) is 3. The molecule has 0 aliphatic carbocycles. The van der Waals surface area contributed by atoms with Crippen molar-refractivity contribution in [3.63, 3.8) is 0 Å². The quantitative estimate of drug-likeness (QED) is 0.872. The number of hydrogen-bond donors (Lipinski definition) is 2. The Hall–Kier alpha value is -1.42. The Morgan fingerprint density at radius 3 is 3.11 bits per heavy atom. The molecule has 0 bridgehead atoms. The first-order chi connectivity index (χ1) is 9.20. The summed E-state index contributed by atoms with van der Waals surface area (Å²) >= 11 is 0. The molecule has 0 aromatic carbocycles. The summed E-state index contributed by atoms with van der Waals surface area (Å²) in [6.45, 7) is 5.11. The molecule has 1 fully saturated rings. The van der Waals surface area contributed by atoms with E-state index in [2.05, 4.69) is 22.5 Å². The molecule has 104 valence electrons. The first kappa shape index (κ1) is 14.0. The topological polar surface area (TPSA) is 54.0 Å². The van der Waals surface area contributed by atoms with Gasteiger partial charge >= 0.3 is 0 Å². The van der Waals surface area contributed by atoms with Crippen molar-refractivity contribution in [1.29, 1.82) is 0 Å². The summed E-state index contributed by atoms with van der Waals surface area (Å²) in [5.41, 5.74) is 0.902. The smallest absolute Gasteiger partial charge is 0.237 e. The predicted molar refractivity (Wildman–Crippen MR) is 75.6 cm³/mol. The fraction of sp³-hybridized carbons (Fsp3) is 0.600. The number of rotatable bonds is 4. The standard InChI is InChI=1S/C15H23N3O/c1-3-12-7-9-17-14(10-12)15(19)18-11(2)13-6-4-5-8-16-13/h4-6,8,11-12,14,17H,3,7,9-10H2,1-2H3,(H,18,19)/t11-,12?,14?/m0/s1. The van der Waals surface area contributed by atoms with Gasteiger partial charge in [0.25, 0.3) is 0 Å². The van der Waals surface area contributed by atoms with E-state index in [0.29, 0.717) is 5.92 Å². The lowest BCUT2D eigenvalue weighted by Crippen LogP contribution is -2.49. The van der Waals surface area contributed by atoms with Crippen LogP contribution in [-0.4, -0.2) is 23.5 Å². The number of nitrogens with zero attached hydrogens (tertiary/aromatic N) is 1. The van der Waals surface area contributed by atoms with Crippen molar-refractivity contribution in [3.05, 3.63) is 30.1 Å². The Bertz CT molecular complexity index is 407. The Morgan fingerprint density at radius 2 is 2.42 bits per heavy atom. The van der Waals surface area contributed by atoms with Crippen molar-refractivity contribution in [2.75, 3.05) is 6.54 Å². The molecule has 19 heavy (non-hydrogen) atoms. The van der Waals surface area contributed by atoms with Gasteiger partial charge in [-0.3, -0.25) is 9.78 Å². The normalized spacial score (nSPS) is 24.7. The van der Waals surface area contributed by atoms with Crippen molar-refractivity contribution in [3.8, 4) is 0 Å². The van der Waals surface area contributed by atoms with Crippen LogP contribution < -0.4 is 10.6 Å². The van der Waals surface area contributed by atoms with Gasteiger partial charge in [0.05, 0.1) is 17.8 Å². The Balaban J connectivity index is 1.90. The molecule has 1 aromatic heterocycles. The van der Waals surface area contributed by atoms with Crippen LogP contribution in [0.1, 0.15) is 44.8 Å². The van der Waals surface area contributed by atoms with Gasteiger partial charge in [0.15, 0.2) is 0 Å². The second kappa shape index (κ2) is 6.66. The molecular weight excluding hydrogens is 238 g/mol. The number of pyridine rings is 1. The van der Waals surface area contributed by atoms with Crippen molar-refractivity contribution in [2.45, 2.75) is 45.2 Å². The lowest BCUT2D eigenvalue weighted by atomic mass is 9.90. The van der Waals surface area contributed by atoms with Gasteiger partial charge in [0, 0.05) is 6.20 Å². The summed E-state index contributed by atoms with van der Waals surface area (Å²) in [4.78, 5) is 16.5. The summed E-state index contributed by atoms with van der Waals surface area (Å²) < 4.78 is 0. The molecule has 2 N–H and O–H groups in total. The Morgan fingerprint density at radius 1 is 1.58 bits per heavy atom. The number of carbonyl (C=O) groups is 1. The second-order valence-electron chi connectivity index (χ2n) is 5.29. The zero-order valence-electron chi connectivity index (χ0n) is 11.7. The average molecular weight is 261 g/mol. The molecule has 3 atom stereocenters. The zero-order valence-corrected chi connectivity index (χ0v) is 11.7. The molecule has 4 heteroatoms. The number of aromatic nitrogens is 1. The van der Waals surface area contributed by atoms with Crippen LogP contribution >= 0.6 is 0 Å². The number of piperidine rings is 1. The maximum Gasteiger partial charge on any atom is 0.237 e. The van der Waals surface area contributed by atoms with Crippen LogP contribution in [0, 0.1) is 5.92 Å². The van der Waals surface area contributed by atoms with Crippen molar-refractivity contribution in [1.82, 2.24) is 15.6 Å². The minimum Gasteiger partial charge on any atom is -0.347 e. The highest BCUT2D eigenvalue weighted by Gasteiger charge is 2.26. The summed E-state index contributed by atoms with van der Waals surface area (Å²) in [5, 5.41) is 6.35. The molecule has 0 saturated carbocycles. The van der Waals surface area contributed by atoms with Gasteiger partial charge in [0.2, 0.25) is 5.91 Å². The number of carbonyl (C=O) groups excluding carboxylic acids is 1. The van der Waals surface area contributed by atoms with Crippen LogP contribution in [0.2, 0.25) is 0 Å². The molecule has 2 heterocycles. The predicted octanol–water partition coefficient (Wildman–Crippen LogP) is 2.04. The SMILES string of the molecule is CCC1CCNC(C(=O)N[C@@H](C)c2ccccn2)C1. The Kier molecular flexibility index (Phi) is 4.91. The molecule has 0 radical (unpaired) electrons. The van der Waals surface area contributed by atoms with Gasteiger partial charge in [-0.2, -0.15) is 0 Å². The van der Waals surface area contributed by atoms with Gasteiger partial charge in [-0.1, -0.05) is 19.4 Å². The van der Waals surface area contributed by atoms with Gasteiger partial charge in [-0.05, 0) is 44.4 Å². The van der Waals surface area contributed by atoms with E-state index in [1.165, 1.54) is 6.42 Å². The van der Waals surface area contributed by atoms with Crippen molar-refractivity contribution >= 4 is 5.91 Å². The molecule has 2 unspecified atom stereocenters. The zero-order chi connectivity index (χ0) is 13.7. The maximum absolute atomic E-state index is 12.2. The maximum atomic E-state index is 12.2. The largest absolute Gasteiger partial charge is 0.347 e. The van der Waals surface area contributed by atoms with Gasteiger partial charge in [-0.25, -0.2) is 0 Å². The monoisotopic (exact) mass is 261 g/mol. The molecular formula is C15H23N3O. The van der Waals surface area contributed by atoms with E-state index in [0.717, 1.165) is 25.1 Å². The molecule has 4 nitrogen and oxygen atoms in total. The van der Waals surface area contributed by atoms with Crippen LogP contribution in [0.3, 0.4) is 0 Å². The van der Waals surface area contributed by atoms with E-state index < -0.39 is 0 Å². The van der Waals surface area contributed by atoms with Gasteiger partial charge in [-0.15, -0.1) is 0 Å². The highest BCUT2D eigenvalue weighted by atomic mass is 16.2. The van der Waals surface area contributed by atoms with Crippen LogP contribution in [0.5, 0.6) is 0 Å².